The second-order valence-corrected chi connectivity index (χ2v) is 5.23. The van der Waals surface area contributed by atoms with Crippen molar-refractivity contribution in [3.05, 3.63) is 46.6 Å². The summed E-state index contributed by atoms with van der Waals surface area (Å²) in [4.78, 5) is 16.9. The molecule has 0 aliphatic rings. The highest BCUT2D eigenvalue weighted by atomic mass is 16.5. The molecule has 0 radical (unpaired) electrons. The van der Waals surface area contributed by atoms with Crippen LogP contribution in [0.5, 0.6) is 11.5 Å². The van der Waals surface area contributed by atoms with Gasteiger partial charge >= 0.3 is 0 Å². The van der Waals surface area contributed by atoms with Crippen molar-refractivity contribution >= 4 is 11.0 Å². The Labute approximate surface area is 137 Å². The van der Waals surface area contributed by atoms with Crippen LogP contribution in [0.15, 0.2) is 35.5 Å². The molecule has 3 aromatic rings. The molecule has 0 aliphatic heterocycles. The Kier molecular flexibility index (Phi) is 4.48. The monoisotopic (exact) mass is 330 g/mol. The van der Waals surface area contributed by atoms with Crippen molar-refractivity contribution in [1.82, 2.24) is 19.3 Å². The minimum atomic E-state index is -0.189. The maximum Gasteiger partial charge on any atom is 0.264 e. The Morgan fingerprint density at radius 2 is 1.88 bits per heavy atom. The van der Waals surface area contributed by atoms with Crippen LogP contribution in [0.25, 0.3) is 11.0 Å². The largest absolute Gasteiger partial charge is 0.497 e. The molecule has 0 spiro atoms. The molecule has 0 atom stereocenters. The fourth-order valence-electron chi connectivity index (χ4n) is 2.52. The van der Waals surface area contributed by atoms with E-state index in [1.165, 1.54) is 21.8 Å². The standard InChI is InChI=1S/C16H18N4O4/c1-23-12-5-11(6-13(7-12)24-2)9-19-10-17-15-14(16(19)22)8-18-20(15)3-4-21/h5-8,10,21H,3-4,9H2,1-2H3. The summed E-state index contributed by atoms with van der Waals surface area (Å²) in [5.74, 6) is 1.31. The van der Waals surface area contributed by atoms with Crippen LogP contribution in [-0.2, 0) is 13.1 Å². The molecular weight excluding hydrogens is 312 g/mol. The zero-order valence-corrected chi connectivity index (χ0v) is 13.5. The van der Waals surface area contributed by atoms with Crippen LogP contribution >= 0.6 is 0 Å². The first kappa shape index (κ1) is 16.0. The van der Waals surface area contributed by atoms with Gasteiger partial charge in [-0.15, -0.1) is 0 Å². The van der Waals surface area contributed by atoms with Crippen LogP contribution in [0, 0.1) is 0 Å². The number of hydrogen-bond acceptors (Lipinski definition) is 6. The van der Waals surface area contributed by atoms with E-state index in [4.69, 9.17) is 14.6 Å². The van der Waals surface area contributed by atoms with E-state index in [2.05, 4.69) is 10.1 Å². The second-order valence-electron chi connectivity index (χ2n) is 5.23. The van der Waals surface area contributed by atoms with Crippen LogP contribution in [0.3, 0.4) is 0 Å². The number of hydrogen-bond donors (Lipinski definition) is 1. The predicted octanol–water partition coefficient (Wildman–Crippen LogP) is 0.651. The van der Waals surface area contributed by atoms with Gasteiger partial charge in [-0.2, -0.15) is 5.10 Å². The first-order valence-corrected chi connectivity index (χ1v) is 7.40. The number of aliphatic hydroxyl groups is 1. The zero-order valence-electron chi connectivity index (χ0n) is 13.5. The van der Waals surface area contributed by atoms with Crippen molar-refractivity contribution in [3.63, 3.8) is 0 Å². The smallest absolute Gasteiger partial charge is 0.264 e. The molecule has 126 valence electrons. The third kappa shape index (κ3) is 2.95. The fraction of sp³-hybridized carbons (Fsp3) is 0.312. The third-order valence-corrected chi connectivity index (χ3v) is 3.70. The van der Waals surface area contributed by atoms with Gasteiger partial charge in [0.15, 0.2) is 5.65 Å². The highest BCUT2D eigenvalue weighted by Gasteiger charge is 2.11. The predicted molar refractivity (Wildman–Crippen MR) is 87.5 cm³/mol. The second kappa shape index (κ2) is 6.71. The quantitative estimate of drug-likeness (QED) is 0.713. The summed E-state index contributed by atoms with van der Waals surface area (Å²) in [6.45, 7) is 0.568. The lowest BCUT2D eigenvalue weighted by Gasteiger charge is -2.10. The molecule has 0 unspecified atom stereocenters. The molecule has 0 amide bonds. The number of methoxy groups -OCH3 is 2. The average Bonchev–Trinajstić information content (AvgIpc) is 3.01. The molecule has 2 aromatic heterocycles. The molecular formula is C16H18N4O4. The van der Waals surface area contributed by atoms with Crippen molar-refractivity contribution in [1.29, 1.82) is 0 Å². The number of ether oxygens (including phenoxy) is 2. The molecule has 3 rings (SSSR count). The van der Waals surface area contributed by atoms with Gasteiger partial charge in [-0.25, -0.2) is 9.67 Å². The van der Waals surface area contributed by atoms with Crippen molar-refractivity contribution in [3.8, 4) is 11.5 Å². The summed E-state index contributed by atoms with van der Waals surface area (Å²) < 4.78 is 13.5. The summed E-state index contributed by atoms with van der Waals surface area (Å²) in [7, 11) is 3.15. The molecule has 0 fully saturated rings. The van der Waals surface area contributed by atoms with Crippen molar-refractivity contribution in [2.24, 2.45) is 0 Å². The van der Waals surface area contributed by atoms with E-state index in [0.717, 1.165) is 5.56 Å². The third-order valence-electron chi connectivity index (χ3n) is 3.70. The van der Waals surface area contributed by atoms with Gasteiger partial charge in [-0.05, 0) is 17.7 Å². The molecule has 2 heterocycles. The molecule has 1 aromatic carbocycles. The van der Waals surface area contributed by atoms with Gasteiger partial charge in [0.05, 0.1) is 40.1 Å². The van der Waals surface area contributed by atoms with E-state index in [0.29, 0.717) is 35.6 Å². The normalized spacial score (nSPS) is 11.0. The molecule has 0 saturated carbocycles. The topological polar surface area (TPSA) is 91.4 Å². The number of nitrogens with zero attached hydrogens (tertiary/aromatic N) is 4. The highest BCUT2D eigenvalue weighted by Crippen LogP contribution is 2.22. The van der Waals surface area contributed by atoms with Crippen molar-refractivity contribution in [2.75, 3.05) is 20.8 Å². The average molecular weight is 330 g/mol. The van der Waals surface area contributed by atoms with Crippen LogP contribution in [0.4, 0.5) is 0 Å². The maximum atomic E-state index is 12.6. The van der Waals surface area contributed by atoms with E-state index in [1.54, 1.807) is 20.3 Å². The number of rotatable bonds is 6. The maximum absolute atomic E-state index is 12.6. The molecule has 0 saturated heterocycles. The molecule has 0 aliphatic carbocycles. The molecule has 8 nitrogen and oxygen atoms in total. The van der Waals surface area contributed by atoms with Crippen LogP contribution < -0.4 is 15.0 Å². The Bertz CT molecular complexity index is 894. The van der Waals surface area contributed by atoms with Crippen LogP contribution in [0.1, 0.15) is 5.56 Å². The number of aromatic nitrogens is 4. The SMILES string of the molecule is COc1cc(Cn2cnc3c(cnn3CCO)c2=O)cc(OC)c1. The summed E-state index contributed by atoms with van der Waals surface area (Å²) in [5, 5.41) is 13.5. The summed E-state index contributed by atoms with van der Waals surface area (Å²) in [5.41, 5.74) is 1.14. The Balaban J connectivity index is 1.99. The van der Waals surface area contributed by atoms with E-state index in [1.807, 2.05) is 12.1 Å². The molecule has 1 N–H and O–H groups in total. The van der Waals surface area contributed by atoms with Gasteiger partial charge in [0.25, 0.3) is 5.56 Å². The van der Waals surface area contributed by atoms with Crippen molar-refractivity contribution in [2.45, 2.75) is 13.1 Å². The first-order chi connectivity index (χ1) is 11.7. The minimum Gasteiger partial charge on any atom is -0.497 e. The van der Waals surface area contributed by atoms with Gasteiger partial charge in [0, 0.05) is 6.07 Å². The van der Waals surface area contributed by atoms with E-state index in [-0.39, 0.29) is 12.2 Å². The Morgan fingerprint density at radius 3 is 2.50 bits per heavy atom. The summed E-state index contributed by atoms with van der Waals surface area (Å²) in [6, 6.07) is 5.45. The summed E-state index contributed by atoms with van der Waals surface area (Å²) in [6.07, 6.45) is 2.95. The number of fused-ring (bicyclic) bond motifs is 1. The summed E-state index contributed by atoms with van der Waals surface area (Å²) >= 11 is 0. The van der Waals surface area contributed by atoms with E-state index in [9.17, 15) is 4.79 Å². The van der Waals surface area contributed by atoms with Crippen LogP contribution in [-0.4, -0.2) is 45.3 Å². The van der Waals surface area contributed by atoms with Gasteiger partial charge in [0.2, 0.25) is 0 Å². The first-order valence-electron chi connectivity index (χ1n) is 7.40. The fourth-order valence-corrected chi connectivity index (χ4v) is 2.52. The van der Waals surface area contributed by atoms with Gasteiger partial charge in [-0.3, -0.25) is 9.36 Å². The zero-order chi connectivity index (χ0) is 17.1. The molecule has 24 heavy (non-hydrogen) atoms. The van der Waals surface area contributed by atoms with Crippen LogP contribution in [0.2, 0.25) is 0 Å². The molecule has 0 bridgehead atoms. The van der Waals surface area contributed by atoms with Gasteiger partial charge in [-0.1, -0.05) is 0 Å². The van der Waals surface area contributed by atoms with Gasteiger partial charge in [0.1, 0.15) is 23.2 Å². The highest BCUT2D eigenvalue weighted by molar-refractivity contribution is 5.72. The molecule has 8 heteroatoms. The van der Waals surface area contributed by atoms with Crippen molar-refractivity contribution < 1.29 is 14.6 Å². The number of aliphatic hydroxyl groups excluding tert-OH is 1. The lowest BCUT2D eigenvalue weighted by atomic mass is 10.2. The lowest BCUT2D eigenvalue weighted by Crippen LogP contribution is -2.21. The lowest BCUT2D eigenvalue weighted by molar-refractivity contribution is 0.271. The van der Waals surface area contributed by atoms with Gasteiger partial charge < -0.3 is 14.6 Å². The van der Waals surface area contributed by atoms with E-state index >= 15 is 0 Å². The Morgan fingerprint density at radius 1 is 1.17 bits per heavy atom. The Hall–Kier alpha value is -2.87. The number of benzene rings is 1. The minimum absolute atomic E-state index is 0.0643. The van der Waals surface area contributed by atoms with E-state index < -0.39 is 0 Å².